The second-order valence-electron chi connectivity index (χ2n) is 5.05. The molecule has 3 rings (SSSR count). The van der Waals surface area contributed by atoms with Gasteiger partial charge in [-0.2, -0.15) is 5.10 Å². The van der Waals surface area contributed by atoms with E-state index in [1.165, 1.54) is 12.8 Å². The maximum Gasteiger partial charge on any atom is 0.272 e. The number of hydrogen-bond acceptors (Lipinski definition) is 2. The molecule has 2 heterocycles. The van der Waals surface area contributed by atoms with Crippen molar-refractivity contribution in [2.24, 2.45) is 7.05 Å². The van der Waals surface area contributed by atoms with Crippen LogP contribution in [0, 0.1) is 0 Å². The summed E-state index contributed by atoms with van der Waals surface area (Å²) >= 11 is 0. The van der Waals surface area contributed by atoms with Gasteiger partial charge in [0.1, 0.15) is 5.69 Å². The molecule has 1 saturated carbocycles. The molecule has 1 fully saturated rings. The summed E-state index contributed by atoms with van der Waals surface area (Å²) in [5, 5.41) is 7.28. The second-order valence-corrected chi connectivity index (χ2v) is 5.05. The van der Waals surface area contributed by atoms with Gasteiger partial charge in [-0.25, -0.2) is 0 Å². The maximum absolute atomic E-state index is 12.3. The lowest BCUT2D eigenvalue weighted by Crippen LogP contribution is -2.14. The lowest BCUT2D eigenvalue weighted by molar-refractivity contribution is 0.102. The van der Waals surface area contributed by atoms with E-state index in [1.807, 2.05) is 32.4 Å². The Morgan fingerprint density at radius 1 is 1.58 bits per heavy atom. The van der Waals surface area contributed by atoms with E-state index in [-0.39, 0.29) is 5.91 Å². The van der Waals surface area contributed by atoms with Gasteiger partial charge in [-0.1, -0.05) is 6.92 Å². The Morgan fingerprint density at radius 2 is 2.37 bits per heavy atom. The number of hydrogen-bond donors (Lipinski definition) is 2. The zero-order valence-electron chi connectivity index (χ0n) is 11.2. The van der Waals surface area contributed by atoms with Crippen molar-refractivity contribution >= 4 is 11.6 Å². The number of aromatic nitrogens is 3. The molecule has 2 aromatic heterocycles. The van der Waals surface area contributed by atoms with Crippen molar-refractivity contribution < 1.29 is 4.79 Å². The molecule has 0 bridgehead atoms. The normalized spacial score (nSPS) is 14.6. The number of nitrogens with one attached hydrogen (secondary N) is 2. The largest absolute Gasteiger partial charge is 0.357 e. The van der Waals surface area contributed by atoms with Gasteiger partial charge in [0.05, 0.1) is 11.4 Å². The number of aryl methyl sites for hydroxylation is 2. The molecule has 0 saturated heterocycles. The number of anilines is 1. The molecule has 2 aromatic rings. The first-order chi connectivity index (χ1) is 9.19. The van der Waals surface area contributed by atoms with Gasteiger partial charge in [0.25, 0.3) is 5.91 Å². The summed E-state index contributed by atoms with van der Waals surface area (Å²) in [7, 11) is 1.86. The van der Waals surface area contributed by atoms with Gasteiger partial charge in [-0.05, 0) is 36.8 Å². The molecule has 0 aliphatic heterocycles. The molecule has 0 spiro atoms. The quantitative estimate of drug-likeness (QED) is 0.884. The van der Waals surface area contributed by atoms with Gasteiger partial charge in [0.2, 0.25) is 0 Å². The van der Waals surface area contributed by atoms with E-state index < -0.39 is 0 Å². The van der Waals surface area contributed by atoms with Crippen molar-refractivity contribution in [3.63, 3.8) is 0 Å². The predicted molar refractivity (Wildman–Crippen MR) is 73.3 cm³/mol. The lowest BCUT2D eigenvalue weighted by Gasteiger charge is -2.05. The average Bonchev–Trinajstić information content (AvgIpc) is 3.00. The highest BCUT2D eigenvalue weighted by Crippen LogP contribution is 2.41. The Hall–Kier alpha value is -2.04. The van der Waals surface area contributed by atoms with Crippen LogP contribution in [0.25, 0.3) is 0 Å². The van der Waals surface area contributed by atoms with E-state index >= 15 is 0 Å². The molecule has 1 aliphatic rings. The molecule has 5 nitrogen and oxygen atoms in total. The third-order valence-electron chi connectivity index (χ3n) is 3.51. The van der Waals surface area contributed by atoms with Crippen LogP contribution in [0.3, 0.4) is 0 Å². The molecular formula is C14H18N4O. The summed E-state index contributed by atoms with van der Waals surface area (Å²) in [5.74, 6) is 0.487. The second kappa shape index (κ2) is 4.57. The Kier molecular flexibility index (Phi) is 2.89. The third kappa shape index (κ3) is 2.28. The van der Waals surface area contributed by atoms with Crippen molar-refractivity contribution in [1.29, 1.82) is 0 Å². The standard InChI is InChI=1S/C14H18N4O/c1-3-11-12(8-18(2)17-11)16-14(19)13-10(6-7-15-13)9-4-5-9/h6-9,15H,3-5H2,1-2H3,(H,16,19). The van der Waals surface area contributed by atoms with Gasteiger partial charge in [0.15, 0.2) is 0 Å². The van der Waals surface area contributed by atoms with E-state index in [9.17, 15) is 4.79 Å². The molecule has 0 aromatic carbocycles. The number of rotatable bonds is 4. The maximum atomic E-state index is 12.3. The molecule has 100 valence electrons. The molecule has 0 atom stereocenters. The Balaban J connectivity index is 1.82. The predicted octanol–water partition coefficient (Wildman–Crippen LogP) is 2.44. The van der Waals surface area contributed by atoms with Crippen molar-refractivity contribution in [2.75, 3.05) is 5.32 Å². The molecule has 1 aliphatic carbocycles. The van der Waals surface area contributed by atoms with E-state index in [0.717, 1.165) is 23.4 Å². The van der Waals surface area contributed by atoms with Gasteiger partial charge >= 0.3 is 0 Å². The minimum absolute atomic E-state index is 0.0744. The van der Waals surface area contributed by atoms with E-state index in [2.05, 4.69) is 15.4 Å². The zero-order valence-corrected chi connectivity index (χ0v) is 11.2. The number of nitrogens with zero attached hydrogens (tertiary/aromatic N) is 2. The molecule has 5 heteroatoms. The molecule has 0 radical (unpaired) electrons. The first-order valence-electron chi connectivity index (χ1n) is 6.70. The van der Waals surface area contributed by atoms with Crippen LogP contribution in [0.1, 0.15) is 47.4 Å². The molecule has 0 unspecified atom stereocenters. The summed E-state index contributed by atoms with van der Waals surface area (Å²) in [4.78, 5) is 15.4. The SMILES string of the molecule is CCc1nn(C)cc1NC(=O)c1[nH]ccc1C1CC1. The highest BCUT2D eigenvalue weighted by atomic mass is 16.1. The number of H-pyrrole nitrogens is 1. The summed E-state index contributed by atoms with van der Waals surface area (Å²) in [6.07, 6.45) is 6.86. The molecular weight excluding hydrogens is 240 g/mol. The van der Waals surface area contributed by atoms with Crippen LogP contribution in [-0.2, 0) is 13.5 Å². The molecule has 1 amide bonds. The summed E-state index contributed by atoms with van der Waals surface area (Å²) < 4.78 is 1.73. The summed E-state index contributed by atoms with van der Waals surface area (Å²) in [5.41, 5.74) is 3.54. The van der Waals surface area contributed by atoms with Crippen LogP contribution in [0.4, 0.5) is 5.69 Å². The van der Waals surface area contributed by atoms with Crippen molar-refractivity contribution in [3.8, 4) is 0 Å². The highest BCUT2D eigenvalue weighted by molar-refractivity contribution is 6.04. The monoisotopic (exact) mass is 258 g/mol. The van der Waals surface area contributed by atoms with Crippen LogP contribution in [-0.4, -0.2) is 20.7 Å². The van der Waals surface area contributed by atoms with E-state index in [4.69, 9.17) is 0 Å². The van der Waals surface area contributed by atoms with Crippen LogP contribution < -0.4 is 5.32 Å². The Morgan fingerprint density at radius 3 is 3.05 bits per heavy atom. The average molecular weight is 258 g/mol. The summed E-state index contributed by atoms with van der Waals surface area (Å²) in [6, 6.07) is 2.01. The van der Waals surface area contributed by atoms with Crippen LogP contribution in [0.2, 0.25) is 0 Å². The zero-order chi connectivity index (χ0) is 13.4. The highest BCUT2D eigenvalue weighted by Gasteiger charge is 2.29. The fourth-order valence-corrected chi connectivity index (χ4v) is 2.40. The molecule has 19 heavy (non-hydrogen) atoms. The van der Waals surface area contributed by atoms with Crippen LogP contribution in [0.15, 0.2) is 18.5 Å². The van der Waals surface area contributed by atoms with Crippen molar-refractivity contribution in [1.82, 2.24) is 14.8 Å². The Labute approximate surface area is 112 Å². The smallest absolute Gasteiger partial charge is 0.272 e. The van der Waals surface area contributed by atoms with E-state index in [1.54, 1.807) is 4.68 Å². The Bertz CT molecular complexity index is 607. The topological polar surface area (TPSA) is 62.7 Å². The lowest BCUT2D eigenvalue weighted by atomic mass is 10.1. The first kappa shape index (κ1) is 12.0. The van der Waals surface area contributed by atoms with Gasteiger partial charge in [0, 0.05) is 19.4 Å². The minimum Gasteiger partial charge on any atom is -0.357 e. The molecule has 2 N–H and O–H groups in total. The first-order valence-corrected chi connectivity index (χ1v) is 6.70. The van der Waals surface area contributed by atoms with Crippen LogP contribution >= 0.6 is 0 Å². The summed E-state index contributed by atoms with van der Waals surface area (Å²) in [6.45, 7) is 2.03. The van der Waals surface area contributed by atoms with Crippen molar-refractivity contribution in [3.05, 3.63) is 35.4 Å². The van der Waals surface area contributed by atoms with Gasteiger partial charge in [-0.15, -0.1) is 0 Å². The minimum atomic E-state index is -0.0744. The number of aromatic amines is 1. The van der Waals surface area contributed by atoms with Crippen LogP contribution in [0.5, 0.6) is 0 Å². The fourth-order valence-electron chi connectivity index (χ4n) is 2.40. The number of carbonyl (C=O) groups is 1. The number of amides is 1. The van der Waals surface area contributed by atoms with E-state index in [0.29, 0.717) is 11.6 Å². The third-order valence-corrected chi connectivity index (χ3v) is 3.51. The van der Waals surface area contributed by atoms with Crippen molar-refractivity contribution in [2.45, 2.75) is 32.1 Å². The van der Waals surface area contributed by atoms with Gasteiger partial charge in [-0.3, -0.25) is 9.48 Å². The number of carbonyl (C=O) groups excluding carboxylic acids is 1. The van der Waals surface area contributed by atoms with Gasteiger partial charge < -0.3 is 10.3 Å². The fraction of sp³-hybridized carbons (Fsp3) is 0.429.